The van der Waals surface area contributed by atoms with E-state index in [1.165, 1.54) is 43.1 Å². The second kappa shape index (κ2) is 12.7. The number of nitrogens with one attached hydrogen (secondary N) is 1. The van der Waals surface area contributed by atoms with E-state index in [2.05, 4.69) is 29.9 Å². The number of fused-ring (bicyclic) bond motifs is 1. The molecule has 1 saturated carbocycles. The fourth-order valence-corrected chi connectivity index (χ4v) is 6.10. The van der Waals surface area contributed by atoms with Crippen LogP contribution in [0.2, 0.25) is 25.7 Å². The Labute approximate surface area is 261 Å². The Hall–Kier alpha value is -3.45. The van der Waals surface area contributed by atoms with Crippen LogP contribution in [0, 0.1) is 5.82 Å². The number of hydrogen-bond acceptors (Lipinski definition) is 6. The predicted octanol–water partition coefficient (Wildman–Crippen LogP) is 6.86. The number of ether oxygens (including phenoxy) is 3. The molecule has 0 saturated heterocycles. The van der Waals surface area contributed by atoms with Crippen LogP contribution in [0.5, 0.6) is 5.75 Å². The van der Waals surface area contributed by atoms with Crippen LogP contribution in [-0.4, -0.2) is 56.5 Å². The monoisotopic (exact) mass is 651 g/mol. The number of imidazole rings is 1. The van der Waals surface area contributed by atoms with Crippen LogP contribution in [0.15, 0.2) is 30.3 Å². The van der Waals surface area contributed by atoms with Crippen LogP contribution >= 0.6 is 0 Å². The normalized spacial score (nSPS) is 15.9. The fraction of sp³-hybridized carbons (Fsp3) is 0.531. The number of halogens is 4. The van der Waals surface area contributed by atoms with Crippen molar-refractivity contribution >= 4 is 31.0 Å². The molecule has 0 aliphatic heterocycles. The maximum atomic E-state index is 15.2. The number of carbonyl (C=O) groups is 2. The van der Waals surface area contributed by atoms with Crippen molar-refractivity contribution in [3.8, 4) is 5.75 Å². The smallest absolute Gasteiger partial charge is 0.401 e. The predicted molar refractivity (Wildman–Crippen MR) is 165 cm³/mol. The minimum atomic E-state index is -4.48. The maximum absolute atomic E-state index is 15.2. The van der Waals surface area contributed by atoms with Crippen molar-refractivity contribution in [1.29, 1.82) is 0 Å². The maximum Gasteiger partial charge on any atom is 0.401 e. The van der Waals surface area contributed by atoms with E-state index in [0.29, 0.717) is 24.1 Å². The van der Waals surface area contributed by atoms with Gasteiger partial charge in [0.1, 0.15) is 29.5 Å². The van der Waals surface area contributed by atoms with Gasteiger partial charge in [0.2, 0.25) is 0 Å². The van der Waals surface area contributed by atoms with Crippen molar-refractivity contribution in [2.45, 2.75) is 89.1 Å². The largest absolute Gasteiger partial charge is 0.496 e. The Morgan fingerprint density at radius 3 is 2.36 bits per heavy atom. The summed E-state index contributed by atoms with van der Waals surface area (Å²) in [5.74, 6) is -1.60. The lowest BCUT2D eigenvalue weighted by molar-refractivity contribution is -0.163. The zero-order valence-electron chi connectivity index (χ0n) is 26.8. The van der Waals surface area contributed by atoms with Crippen molar-refractivity contribution in [3.63, 3.8) is 0 Å². The number of esters is 1. The molecule has 4 rings (SSSR count). The van der Waals surface area contributed by atoms with Crippen LogP contribution in [0.1, 0.15) is 60.4 Å². The van der Waals surface area contributed by atoms with Gasteiger partial charge in [-0.2, -0.15) is 13.2 Å². The second-order valence-corrected chi connectivity index (χ2v) is 18.6. The third kappa shape index (κ3) is 6.88. The Kier molecular flexibility index (Phi) is 9.75. The average Bonchev–Trinajstić information content (AvgIpc) is 3.73. The van der Waals surface area contributed by atoms with Gasteiger partial charge in [-0.1, -0.05) is 26.6 Å². The highest BCUT2D eigenvalue weighted by Crippen LogP contribution is 2.58. The molecule has 246 valence electrons. The van der Waals surface area contributed by atoms with Gasteiger partial charge >= 0.3 is 12.1 Å². The topological polar surface area (TPSA) is 91.7 Å². The van der Waals surface area contributed by atoms with E-state index in [-0.39, 0.29) is 54.3 Å². The molecule has 0 radical (unpaired) electrons. The van der Waals surface area contributed by atoms with Gasteiger partial charge in [0.15, 0.2) is 0 Å². The Balaban J connectivity index is 1.59. The molecule has 1 atom stereocenters. The molecule has 0 bridgehead atoms. The Morgan fingerprint density at radius 1 is 1.11 bits per heavy atom. The summed E-state index contributed by atoms with van der Waals surface area (Å²) in [7, 11) is 1.25. The van der Waals surface area contributed by atoms with Gasteiger partial charge in [-0.05, 0) is 62.6 Å². The minimum Gasteiger partial charge on any atom is -0.496 e. The van der Waals surface area contributed by atoms with Gasteiger partial charge in [0, 0.05) is 37.9 Å². The van der Waals surface area contributed by atoms with Crippen molar-refractivity contribution in [3.05, 3.63) is 58.7 Å². The summed E-state index contributed by atoms with van der Waals surface area (Å²) in [4.78, 5) is 30.0. The van der Waals surface area contributed by atoms with Crippen LogP contribution < -0.4 is 10.1 Å². The summed E-state index contributed by atoms with van der Waals surface area (Å²) < 4.78 is 75.4. The van der Waals surface area contributed by atoms with Crippen LogP contribution in [0.4, 0.5) is 17.6 Å². The van der Waals surface area contributed by atoms with Crippen LogP contribution in [-0.2, 0) is 38.4 Å². The first-order valence-corrected chi connectivity index (χ1v) is 18.6. The fourth-order valence-electron chi connectivity index (χ4n) is 5.34. The van der Waals surface area contributed by atoms with Gasteiger partial charge in [0.05, 0.1) is 30.7 Å². The lowest BCUT2D eigenvalue weighted by Gasteiger charge is -2.28. The summed E-state index contributed by atoms with van der Waals surface area (Å²) in [5, 5.41) is 2.66. The number of alkyl halides is 3. The van der Waals surface area contributed by atoms with Crippen molar-refractivity contribution in [1.82, 2.24) is 14.9 Å². The Bertz CT molecular complexity index is 1580. The van der Waals surface area contributed by atoms with E-state index >= 15 is 4.39 Å². The average molecular weight is 652 g/mol. The van der Waals surface area contributed by atoms with Gasteiger partial charge in [-0.25, -0.2) is 9.37 Å². The molecule has 1 aromatic heterocycles. The summed E-state index contributed by atoms with van der Waals surface area (Å²) in [6.45, 7) is 10.1. The van der Waals surface area contributed by atoms with Crippen molar-refractivity contribution in [2.24, 2.45) is 0 Å². The van der Waals surface area contributed by atoms with E-state index in [0.717, 1.165) is 6.04 Å². The van der Waals surface area contributed by atoms with Gasteiger partial charge in [0.25, 0.3) is 5.91 Å². The first-order valence-electron chi connectivity index (χ1n) is 14.9. The molecule has 1 heterocycles. The number of rotatable bonds is 13. The zero-order valence-corrected chi connectivity index (χ0v) is 27.8. The summed E-state index contributed by atoms with van der Waals surface area (Å²) >= 11 is 0. The number of carbonyl (C=O) groups excluding carboxylic acids is 2. The molecule has 1 fully saturated rings. The molecule has 1 amide bonds. The van der Waals surface area contributed by atoms with Crippen molar-refractivity contribution < 1.29 is 41.4 Å². The molecular weight excluding hydrogens is 610 g/mol. The lowest BCUT2D eigenvalue weighted by atomic mass is 9.79. The minimum absolute atomic E-state index is 0.0626. The number of aromatic nitrogens is 2. The quantitative estimate of drug-likeness (QED) is 0.0940. The highest BCUT2D eigenvalue weighted by atomic mass is 28.3. The van der Waals surface area contributed by atoms with E-state index < -0.39 is 42.8 Å². The molecule has 1 aliphatic carbocycles. The molecule has 3 aromatic rings. The van der Waals surface area contributed by atoms with Crippen LogP contribution in [0.3, 0.4) is 0 Å². The third-order valence-corrected chi connectivity index (χ3v) is 10.4. The molecule has 2 aromatic carbocycles. The summed E-state index contributed by atoms with van der Waals surface area (Å²) in [6.07, 6.45) is -4.27. The van der Waals surface area contributed by atoms with E-state index in [4.69, 9.17) is 14.2 Å². The standard InChI is InChI=1S/C32H41F4N3O5Si/c1-8-30(2,29(41)43-4)22-17-23(33)21(16-26(22)42-3)18-37-27(40)20-9-10-25-24(15-20)38-28(31(11-12-31)32(34,35)36)39(25)19-44-13-14-45(5,6)7/h9-10,15-17H,8,11-14,18-19H2,1-7H3,(H,37,40). The SMILES string of the molecule is CCC(C)(C(=O)OC)c1cc(F)c(CNC(=O)c2ccc3c(c2)nc(C2(C(F)(F)F)CC2)n3COCC[Si](C)(C)C)cc1OC. The number of benzene rings is 2. The number of nitrogens with zero attached hydrogens (tertiary/aromatic N) is 2. The molecule has 0 spiro atoms. The number of hydrogen-bond donors (Lipinski definition) is 1. The van der Waals surface area contributed by atoms with Crippen molar-refractivity contribution in [2.75, 3.05) is 20.8 Å². The molecule has 1 aliphatic rings. The molecular formula is C32H41F4N3O5Si. The molecule has 8 nitrogen and oxygen atoms in total. The summed E-state index contributed by atoms with van der Waals surface area (Å²) in [6, 6.07) is 7.99. The summed E-state index contributed by atoms with van der Waals surface area (Å²) in [5.41, 5.74) is -1.92. The first-order chi connectivity index (χ1) is 21.0. The lowest BCUT2D eigenvalue weighted by Crippen LogP contribution is -2.34. The van der Waals surface area contributed by atoms with Gasteiger partial charge < -0.3 is 24.1 Å². The number of amides is 1. The Morgan fingerprint density at radius 2 is 1.80 bits per heavy atom. The van der Waals surface area contributed by atoms with E-state index in [1.54, 1.807) is 19.9 Å². The molecule has 1 N–H and O–H groups in total. The highest BCUT2D eigenvalue weighted by Gasteiger charge is 2.67. The number of methoxy groups -OCH3 is 2. The zero-order chi connectivity index (χ0) is 33.4. The van der Waals surface area contributed by atoms with Gasteiger partial charge in [-0.15, -0.1) is 0 Å². The second-order valence-electron chi connectivity index (χ2n) is 13.0. The van der Waals surface area contributed by atoms with E-state index in [9.17, 15) is 22.8 Å². The van der Waals surface area contributed by atoms with Crippen LogP contribution in [0.25, 0.3) is 11.0 Å². The van der Waals surface area contributed by atoms with Gasteiger partial charge in [-0.3, -0.25) is 9.59 Å². The highest BCUT2D eigenvalue weighted by molar-refractivity contribution is 6.76. The third-order valence-electron chi connectivity index (χ3n) is 8.69. The van der Waals surface area contributed by atoms with E-state index in [1.807, 2.05) is 0 Å². The molecule has 13 heteroatoms. The first kappa shape index (κ1) is 34.4. The molecule has 1 unspecified atom stereocenters. The molecule has 45 heavy (non-hydrogen) atoms.